The lowest BCUT2D eigenvalue weighted by molar-refractivity contribution is 0.0921. The van der Waals surface area contributed by atoms with Gasteiger partial charge >= 0.3 is 0 Å². The lowest BCUT2D eigenvalue weighted by Crippen LogP contribution is -2.46. The van der Waals surface area contributed by atoms with E-state index in [-0.39, 0.29) is 0 Å². The monoisotopic (exact) mass is 340 g/mol. The van der Waals surface area contributed by atoms with Crippen LogP contribution >= 0.6 is 0 Å². The molecule has 2 aliphatic heterocycles. The van der Waals surface area contributed by atoms with E-state index in [4.69, 9.17) is 4.74 Å². The fraction of sp³-hybridized carbons (Fsp3) is 0.636. The lowest BCUT2D eigenvalue weighted by atomic mass is 9.78. The third-order valence-electron chi connectivity index (χ3n) is 6.84. The van der Waals surface area contributed by atoms with Crippen molar-refractivity contribution < 1.29 is 4.74 Å². The van der Waals surface area contributed by atoms with Crippen molar-refractivity contribution in [3.63, 3.8) is 0 Å². The molecule has 0 radical (unpaired) electrons. The van der Waals surface area contributed by atoms with Crippen LogP contribution in [0.25, 0.3) is 10.9 Å². The number of rotatable bonds is 4. The van der Waals surface area contributed by atoms with E-state index >= 15 is 0 Å². The van der Waals surface area contributed by atoms with Gasteiger partial charge in [0.2, 0.25) is 0 Å². The molecule has 2 bridgehead atoms. The molecule has 3 heterocycles. The van der Waals surface area contributed by atoms with Crippen LogP contribution in [0.1, 0.15) is 57.2 Å². The fourth-order valence-electron chi connectivity index (χ4n) is 5.16. The Labute approximate surface area is 151 Å². The van der Waals surface area contributed by atoms with Crippen molar-refractivity contribution in [1.82, 2.24) is 9.88 Å². The molecule has 1 aromatic carbocycles. The third kappa shape index (κ3) is 2.97. The molecule has 0 amide bonds. The quantitative estimate of drug-likeness (QED) is 0.852. The van der Waals surface area contributed by atoms with Crippen molar-refractivity contribution in [2.24, 2.45) is 11.8 Å². The number of methoxy groups -OCH3 is 1. The van der Waals surface area contributed by atoms with Crippen molar-refractivity contribution >= 4 is 10.9 Å². The Bertz CT molecular complexity index is 750. The number of aromatic nitrogens is 1. The van der Waals surface area contributed by atoms with Gasteiger partial charge in [-0.1, -0.05) is 20.3 Å². The standard InChI is InChI=1S/C22H32N2O/c1-5-14(2)10-16-11-19-15(3)24(13-16)9-8-18-20-12-17(25-4)6-7-21(20)23-22(18)19/h6-7,12,14-16,19,23H,5,8-11,13H2,1-4H3/t14?,15?,16-,19+/m0/s1. The largest absolute Gasteiger partial charge is 0.497 e. The number of hydrogen-bond acceptors (Lipinski definition) is 2. The van der Waals surface area contributed by atoms with Crippen molar-refractivity contribution in [2.45, 2.75) is 58.4 Å². The van der Waals surface area contributed by atoms with E-state index in [2.05, 4.69) is 48.9 Å². The molecule has 4 rings (SSSR count). The van der Waals surface area contributed by atoms with Gasteiger partial charge in [0.1, 0.15) is 5.75 Å². The van der Waals surface area contributed by atoms with Gasteiger partial charge in [0.25, 0.3) is 0 Å². The van der Waals surface area contributed by atoms with E-state index in [1.807, 2.05) is 0 Å². The van der Waals surface area contributed by atoms with E-state index in [9.17, 15) is 0 Å². The first-order valence-corrected chi connectivity index (χ1v) is 10.0. The molecule has 0 aliphatic carbocycles. The zero-order chi connectivity index (χ0) is 17.6. The smallest absolute Gasteiger partial charge is 0.119 e. The average molecular weight is 341 g/mol. The second-order valence-corrected chi connectivity index (χ2v) is 8.37. The molecule has 5 atom stereocenters. The zero-order valence-electron chi connectivity index (χ0n) is 16.1. The number of H-pyrrole nitrogens is 1. The van der Waals surface area contributed by atoms with Crippen molar-refractivity contribution in [1.29, 1.82) is 0 Å². The molecule has 1 saturated heterocycles. The van der Waals surface area contributed by atoms with Crippen molar-refractivity contribution in [3.8, 4) is 5.75 Å². The summed E-state index contributed by atoms with van der Waals surface area (Å²) >= 11 is 0. The van der Waals surface area contributed by atoms with Crippen molar-refractivity contribution in [3.05, 3.63) is 29.5 Å². The minimum atomic E-state index is 0.638. The van der Waals surface area contributed by atoms with Gasteiger partial charge in [-0.15, -0.1) is 0 Å². The highest BCUT2D eigenvalue weighted by Gasteiger charge is 2.38. The lowest BCUT2D eigenvalue weighted by Gasteiger charge is -2.42. The fourth-order valence-corrected chi connectivity index (χ4v) is 5.16. The number of aromatic amines is 1. The number of nitrogens with one attached hydrogen (secondary N) is 1. The van der Waals surface area contributed by atoms with Crippen LogP contribution in [0.5, 0.6) is 5.75 Å². The maximum absolute atomic E-state index is 5.47. The summed E-state index contributed by atoms with van der Waals surface area (Å²) in [6.45, 7) is 9.65. The topological polar surface area (TPSA) is 28.3 Å². The molecule has 2 aromatic rings. The first-order valence-electron chi connectivity index (χ1n) is 10.0. The molecule has 1 fully saturated rings. The van der Waals surface area contributed by atoms with Gasteiger partial charge in [-0.2, -0.15) is 0 Å². The van der Waals surface area contributed by atoms with Gasteiger partial charge < -0.3 is 9.72 Å². The molecule has 3 heteroatoms. The molecular formula is C22H32N2O. The second kappa shape index (κ2) is 6.68. The summed E-state index contributed by atoms with van der Waals surface area (Å²) in [6.07, 6.45) is 5.16. The summed E-state index contributed by atoms with van der Waals surface area (Å²) < 4.78 is 5.47. The number of hydrogen-bond donors (Lipinski definition) is 1. The molecule has 1 aromatic heterocycles. The van der Waals surface area contributed by atoms with E-state index in [1.165, 1.54) is 54.5 Å². The zero-order valence-corrected chi connectivity index (χ0v) is 16.1. The molecule has 0 saturated carbocycles. The van der Waals surface area contributed by atoms with Gasteiger partial charge in [-0.05, 0) is 61.8 Å². The minimum Gasteiger partial charge on any atom is -0.497 e. The Morgan fingerprint density at radius 2 is 2.20 bits per heavy atom. The van der Waals surface area contributed by atoms with Gasteiger partial charge in [0, 0.05) is 41.6 Å². The number of fused-ring (bicyclic) bond motifs is 6. The predicted molar refractivity (Wildman–Crippen MR) is 105 cm³/mol. The molecule has 2 aliphatic rings. The van der Waals surface area contributed by atoms with E-state index in [1.54, 1.807) is 7.11 Å². The first kappa shape index (κ1) is 17.0. The molecule has 3 unspecified atom stereocenters. The Morgan fingerprint density at radius 3 is 2.96 bits per heavy atom. The van der Waals surface area contributed by atoms with Gasteiger partial charge in [0.15, 0.2) is 0 Å². The maximum Gasteiger partial charge on any atom is 0.119 e. The Morgan fingerprint density at radius 1 is 1.36 bits per heavy atom. The van der Waals surface area contributed by atoms with Crippen LogP contribution in [0.3, 0.4) is 0 Å². The van der Waals surface area contributed by atoms with Gasteiger partial charge in [-0.25, -0.2) is 0 Å². The van der Waals surface area contributed by atoms with Gasteiger partial charge in [-0.3, -0.25) is 4.90 Å². The molecular weight excluding hydrogens is 308 g/mol. The summed E-state index contributed by atoms with van der Waals surface area (Å²) in [6, 6.07) is 7.12. The Kier molecular flexibility index (Phi) is 4.53. The number of ether oxygens (including phenoxy) is 1. The normalized spacial score (nSPS) is 29.9. The highest BCUT2D eigenvalue weighted by molar-refractivity contribution is 5.86. The molecule has 3 nitrogen and oxygen atoms in total. The Balaban J connectivity index is 1.71. The maximum atomic E-state index is 5.47. The molecule has 0 spiro atoms. The van der Waals surface area contributed by atoms with E-state index in [0.29, 0.717) is 12.0 Å². The van der Waals surface area contributed by atoms with Crippen LogP contribution in [-0.2, 0) is 6.42 Å². The van der Waals surface area contributed by atoms with Crippen molar-refractivity contribution in [2.75, 3.05) is 20.2 Å². The summed E-state index contributed by atoms with van der Waals surface area (Å²) in [4.78, 5) is 6.55. The van der Waals surface area contributed by atoms with E-state index < -0.39 is 0 Å². The van der Waals surface area contributed by atoms with Crippen LogP contribution in [0.4, 0.5) is 0 Å². The predicted octanol–water partition coefficient (Wildman–Crippen LogP) is 4.96. The summed E-state index contributed by atoms with van der Waals surface area (Å²) in [7, 11) is 1.76. The number of nitrogens with zero attached hydrogens (tertiary/aromatic N) is 1. The van der Waals surface area contributed by atoms with Crippen LogP contribution < -0.4 is 4.74 Å². The SMILES string of the molecule is CCC(C)C[C@H]1C[C@H]2c3[nH]c4ccc(OC)cc4c3CCN(C1)C2C. The third-order valence-corrected chi connectivity index (χ3v) is 6.84. The molecule has 136 valence electrons. The average Bonchev–Trinajstić information content (AvgIpc) is 2.96. The second-order valence-electron chi connectivity index (χ2n) is 8.37. The van der Waals surface area contributed by atoms with Crippen LogP contribution in [-0.4, -0.2) is 36.1 Å². The Hall–Kier alpha value is -1.48. The minimum absolute atomic E-state index is 0.638. The molecule has 1 N–H and O–H groups in total. The number of benzene rings is 1. The molecule has 25 heavy (non-hydrogen) atoms. The first-order chi connectivity index (χ1) is 12.1. The van der Waals surface area contributed by atoms with Gasteiger partial charge in [0.05, 0.1) is 7.11 Å². The summed E-state index contributed by atoms with van der Waals surface area (Å²) in [5, 5.41) is 1.37. The van der Waals surface area contributed by atoms with Crippen LogP contribution in [0.2, 0.25) is 0 Å². The van der Waals surface area contributed by atoms with Crippen LogP contribution in [0.15, 0.2) is 18.2 Å². The highest BCUT2D eigenvalue weighted by Crippen LogP contribution is 2.43. The van der Waals surface area contributed by atoms with E-state index in [0.717, 1.165) is 24.0 Å². The summed E-state index contributed by atoms with van der Waals surface area (Å²) in [5.41, 5.74) is 4.32. The number of piperidine rings is 1. The van der Waals surface area contributed by atoms with Crippen LogP contribution in [0, 0.1) is 11.8 Å². The highest BCUT2D eigenvalue weighted by atomic mass is 16.5. The summed E-state index contributed by atoms with van der Waals surface area (Å²) in [5.74, 6) is 3.28.